The zero-order valence-corrected chi connectivity index (χ0v) is 10.0. The number of aromatic nitrogens is 1. The van der Waals surface area contributed by atoms with Crippen molar-refractivity contribution < 1.29 is 4.74 Å². The van der Waals surface area contributed by atoms with Crippen LogP contribution >= 0.6 is 0 Å². The predicted octanol–water partition coefficient (Wildman–Crippen LogP) is 1.63. The molecule has 1 aromatic heterocycles. The van der Waals surface area contributed by atoms with Crippen molar-refractivity contribution in [3.63, 3.8) is 0 Å². The van der Waals surface area contributed by atoms with Gasteiger partial charge in [-0.3, -0.25) is 9.59 Å². The van der Waals surface area contributed by atoms with Gasteiger partial charge in [0.15, 0.2) is 11.2 Å². The molecule has 0 fully saturated rings. The highest BCUT2D eigenvalue weighted by Crippen LogP contribution is 2.12. The van der Waals surface area contributed by atoms with E-state index in [-0.39, 0.29) is 11.2 Å². The molecule has 2 rings (SSSR count). The minimum atomic E-state index is -0.410. The van der Waals surface area contributed by atoms with E-state index in [1.165, 1.54) is 7.11 Å². The summed E-state index contributed by atoms with van der Waals surface area (Å²) in [5.74, 6) is 0.0519. The van der Waals surface area contributed by atoms with Crippen LogP contribution in [0.1, 0.15) is 5.56 Å². The zero-order valence-electron chi connectivity index (χ0n) is 10.0. The van der Waals surface area contributed by atoms with Gasteiger partial charge in [0.05, 0.1) is 18.2 Å². The van der Waals surface area contributed by atoms with Crippen LogP contribution < -0.4 is 15.7 Å². The largest absolute Gasteiger partial charge is 0.491 e. The number of hydrogen-bond donors (Lipinski definition) is 1. The average molecular weight is 243 g/mol. The molecule has 0 aliphatic carbocycles. The van der Waals surface area contributed by atoms with Crippen LogP contribution in [0.4, 0.5) is 0 Å². The normalized spacial score (nSPS) is 10.3. The van der Waals surface area contributed by atoms with Crippen molar-refractivity contribution in [3.05, 3.63) is 63.1 Å². The van der Waals surface area contributed by atoms with Crippen LogP contribution in [-0.4, -0.2) is 12.1 Å². The second-order valence-corrected chi connectivity index (χ2v) is 3.83. The first-order valence-electron chi connectivity index (χ1n) is 5.52. The van der Waals surface area contributed by atoms with Gasteiger partial charge in [-0.1, -0.05) is 18.2 Å². The number of allylic oxidation sites excluding steroid dienone is 1. The number of fused-ring (bicyclic) bond motifs is 1. The summed E-state index contributed by atoms with van der Waals surface area (Å²) < 4.78 is 5.05. The van der Waals surface area contributed by atoms with Gasteiger partial charge >= 0.3 is 0 Å². The van der Waals surface area contributed by atoms with Crippen LogP contribution in [-0.2, 0) is 6.42 Å². The number of rotatable bonds is 3. The highest BCUT2D eigenvalue weighted by atomic mass is 16.5. The van der Waals surface area contributed by atoms with Crippen molar-refractivity contribution >= 4 is 10.9 Å². The highest BCUT2D eigenvalue weighted by Gasteiger charge is 2.12. The molecule has 0 aliphatic heterocycles. The first-order chi connectivity index (χ1) is 8.69. The number of hydrogen-bond acceptors (Lipinski definition) is 3. The first-order valence-corrected chi connectivity index (χ1v) is 5.52. The standard InChI is InChI=1S/C14H13NO3/c1-3-6-10-12(16)9-7-4-5-8-11(9)15-14(17)13(10)18-2/h3-5,7-8H,1,6H2,2H3,(H,15,17). The lowest BCUT2D eigenvalue weighted by molar-refractivity contribution is 0.405. The summed E-state index contributed by atoms with van der Waals surface area (Å²) in [5.41, 5.74) is 0.212. The van der Waals surface area contributed by atoms with Gasteiger partial charge in [-0.05, 0) is 18.6 Å². The Balaban J connectivity index is 3.05. The van der Waals surface area contributed by atoms with Crippen LogP contribution in [0.5, 0.6) is 5.75 Å². The maximum atomic E-state index is 12.4. The number of aromatic amines is 1. The minimum absolute atomic E-state index is 0.0519. The molecule has 2 aromatic rings. The molecule has 0 spiro atoms. The van der Waals surface area contributed by atoms with Crippen LogP contribution in [0.3, 0.4) is 0 Å². The molecule has 0 saturated heterocycles. The quantitative estimate of drug-likeness (QED) is 0.833. The van der Waals surface area contributed by atoms with Crippen molar-refractivity contribution in [3.8, 4) is 5.75 Å². The summed E-state index contributed by atoms with van der Waals surface area (Å²) in [5, 5.41) is 0.467. The topological polar surface area (TPSA) is 59.2 Å². The number of benzene rings is 1. The Labute approximate surface area is 104 Å². The van der Waals surface area contributed by atoms with E-state index in [0.29, 0.717) is 22.9 Å². The van der Waals surface area contributed by atoms with Gasteiger partial charge < -0.3 is 9.72 Å². The fourth-order valence-corrected chi connectivity index (χ4v) is 1.92. The van der Waals surface area contributed by atoms with E-state index in [9.17, 15) is 9.59 Å². The lowest BCUT2D eigenvalue weighted by Gasteiger charge is -1.99. The first kappa shape index (κ1) is 12.1. The Morgan fingerprint density at radius 3 is 2.72 bits per heavy atom. The Bertz CT molecular complexity index is 716. The molecule has 1 aromatic carbocycles. The van der Waals surface area contributed by atoms with Gasteiger partial charge in [0.1, 0.15) is 0 Å². The second kappa shape index (κ2) is 4.87. The van der Waals surface area contributed by atoms with E-state index in [2.05, 4.69) is 11.6 Å². The maximum absolute atomic E-state index is 12.4. The molecule has 4 heteroatoms. The van der Waals surface area contributed by atoms with Gasteiger partial charge in [0, 0.05) is 5.39 Å². The van der Waals surface area contributed by atoms with Crippen LogP contribution in [0.2, 0.25) is 0 Å². The zero-order chi connectivity index (χ0) is 13.1. The molecule has 0 saturated carbocycles. The number of methoxy groups -OCH3 is 1. The Hall–Kier alpha value is -2.36. The third-order valence-corrected chi connectivity index (χ3v) is 2.73. The lowest BCUT2D eigenvalue weighted by Crippen LogP contribution is -2.12. The molecule has 0 atom stereocenters. The van der Waals surface area contributed by atoms with E-state index in [1.54, 1.807) is 30.3 Å². The van der Waals surface area contributed by atoms with Crippen LogP contribution in [0.25, 0.3) is 10.9 Å². The van der Waals surface area contributed by atoms with E-state index < -0.39 is 5.56 Å². The Morgan fingerprint density at radius 1 is 1.33 bits per heavy atom. The molecular weight excluding hydrogens is 230 g/mol. The van der Waals surface area contributed by atoms with E-state index in [0.717, 1.165) is 0 Å². The van der Waals surface area contributed by atoms with E-state index in [4.69, 9.17) is 4.74 Å². The van der Waals surface area contributed by atoms with Crippen molar-refractivity contribution in [2.24, 2.45) is 0 Å². The Kier molecular flexibility index (Phi) is 3.28. The highest BCUT2D eigenvalue weighted by molar-refractivity contribution is 5.78. The summed E-state index contributed by atoms with van der Waals surface area (Å²) in [4.78, 5) is 27.0. The fourth-order valence-electron chi connectivity index (χ4n) is 1.92. The van der Waals surface area contributed by atoms with Crippen molar-refractivity contribution in [1.29, 1.82) is 0 Å². The molecular formula is C14H13NO3. The number of para-hydroxylation sites is 1. The monoisotopic (exact) mass is 243 g/mol. The molecule has 18 heavy (non-hydrogen) atoms. The molecule has 4 nitrogen and oxygen atoms in total. The summed E-state index contributed by atoms with van der Waals surface area (Å²) in [7, 11) is 1.38. The molecule has 1 heterocycles. The van der Waals surface area contributed by atoms with E-state index >= 15 is 0 Å². The van der Waals surface area contributed by atoms with E-state index in [1.807, 2.05) is 0 Å². The van der Waals surface area contributed by atoms with Crippen LogP contribution in [0.15, 0.2) is 46.5 Å². The van der Waals surface area contributed by atoms with Gasteiger partial charge in [-0.25, -0.2) is 0 Å². The molecule has 0 unspecified atom stereocenters. The Morgan fingerprint density at radius 2 is 2.06 bits per heavy atom. The summed E-state index contributed by atoms with van der Waals surface area (Å²) in [6.07, 6.45) is 1.87. The van der Waals surface area contributed by atoms with Crippen molar-refractivity contribution in [2.75, 3.05) is 7.11 Å². The third-order valence-electron chi connectivity index (χ3n) is 2.73. The van der Waals surface area contributed by atoms with Gasteiger partial charge in [-0.2, -0.15) is 0 Å². The van der Waals surface area contributed by atoms with Crippen LogP contribution in [0, 0.1) is 0 Å². The number of H-pyrrole nitrogens is 1. The van der Waals surface area contributed by atoms with Crippen molar-refractivity contribution in [1.82, 2.24) is 4.98 Å². The summed E-state index contributed by atoms with van der Waals surface area (Å²) >= 11 is 0. The average Bonchev–Trinajstić information content (AvgIpc) is 2.47. The fraction of sp³-hybridized carbons (Fsp3) is 0.143. The van der Waals surface area contributed by atoms with Gasteiger partial charge in [-0.15, -0.1) is 6.58 Å². The maximum Gasteiger partial charge on any atom is 0.291 e. The summed E-state index contributed by atoms with van der Waals surface area (Å²) in [6.45, 7) is 3.60. The molecule has 92 valence electrons. The molecule has 0 amide bonds. The van der Waals surface area contributed by atoms with Gasteiger partial charge in [0.25, 0.3) is 5.56 Å². The summed E-state index contributed by atoms with van der Waals surface area (Å²) in [6, 6.07) is 6.89. The molecule has 1 N–H and O–H groups in total. The van der Waals surface area contributed by atoms with Gasteiger partial charge in [0.2, 0.25) is 0 Å². The molecule has 0 radical (unpaired) electrons. The van der Waals surface area contributed by atoms with Crippen molar-refractivity contribution in [2.45, 2.75) is 6.42 Å². The molecule has 0 bridgehead atoms. The predicted molar refractivity (Wildman–Crippen MR) is 71.3 cm³/mol. The smallest absolute Gasteiger partial charge is 0.291 e. The SMILES string of the molecule is C=CCc1c(OC)c(=O)[nH]c2ccccc2c1=O. The lowest BCUT2D eigenvalue weighted by atomic mass is 10.1. The molecule has 0 aliphatic rings. The minimum Gasteiger partial charge on any atom is -0.491 e. The third kappa shape index (κ3) is 1.93. The second-order valence-electron chi connectivity index (χ2n) is 3.83. The number of nitrogens with one attached hydrogen (secondary N) is 1. The number of ether oxygens (including phenoxy) is 1.